The summed E-state index contributed by atoms with van der Waals surface area (Å²) in [4.78, 5) is -0.505. The number of nitrogens with zero attached hydrogens (tertiary/aromatic N) is 2. The van der Waals surface area contributed by atoms with Crippen molar-refractivity contribution >= 4 is 19.9 Å². The molecule has 1 atom stereocenters. The lowest BCUT2D eigenvalue weighted by Crippen LogP contribution is -2.30. The van der Waals surface area contributed by atoms with Crippen molar-refractivity contribution in [1.82, 2.24) is 14.9 Å². The van der Waals surface area contributed by atoms with Crippen LogP contribution in [-0.2, 0) is 19.9 Å². The topological polar surface area (TPSA) is 119 Å². The van der Waals surface area contributed by atoms with Crippen LogP contribution in [-0.4, -0.2) is 33.3 Å². The minimum Gasteiger partial charge on any atom is -0.411 e. The van der Waals surface area contributed by atoms with Gasteiger partial charge in [0.05, 0.1) is 0 Å². The van der Waals surface area contributed by atoms with E-state index in [0.29, 0.717) is 5.56 Å². The van der Waals surface area contributed by atoms with E-state index < -0.39 is 41.8 Å². The van der Waals surface area contributed by atoms with Crippen molar-refractivity contribution in [3.8, 4) is 0 Å². The van der Waals surface area contributed by atoms with Crippen molar-refractivity contribution in [3.63, 3.8) is 0 Å². The third-order valence-electron chi connectivity index (χ3n) is 3.42. The van der Waals surface area contributed by atoms with Gasteiger partial charge in [-0.2, -0.15) is 4.72 Å². The molecule has 1 aromatic heterocycles. The number of sulfone groups is 1. The van der Waals surface area contributed by atoms with E-state index in [4.69, 9.17) is 4.42 Å². The van der Waals surface area contributed by atoms with Crippen LogP contribution in [0, 0.1) is 18.7 Å². The molecule has 0 aliphatic carbocycles. The van der Waals surface area contributed by atoms with Gasteiger partial charge in [0.25, 0.3) is 0 Å². The Hall–Kier alpha value is -1.85. The predicted molar refractivity (Wildman–Crippen MR) is 91.1 cm³/mol. The summed E-state index contributed by atoms with van der Waals surface area (Å²) in [5, 5.41) is 6.46. The van der Waals surface area contributed by atoms with Crippen LogP contribution in [0.4, 0.5) is 4.39 Å². The molecule has 11 heteroatoms. The van der Waals surface area contributed by atoms with Crippen molar-refractivity contribution in [2.75, 3.05) is 6.26 Å². The summed E-state index contributed by atoms with van der Waals surface area (Å²) in [7, 11) is -7.96. The van der Waals surface area contributed by atoms with Gasteiger partial charge >= 0.3 is 5.22 Å². The SMILES string of the molecule is Cc1ccc(F)c(S(=O)(=O)N[C@@H](CC(C)C)c2nnc(S(C)(=O)=O)o2)c1. The third-order valence-corrected chi connectivity index (χ3v) is 5.70. The number of aryl methyl sites for hydroxylation is 1. The molecule has 2 rings (SSSR count). The second-order valence-electron chi connectivity index (χ2n) is 6.42. The number of aromatic nitrogens is 2. The fourth-order valence-corrected chi connectivity index (χ4v) is 4.04. The lowest BCUT2D eigenvalue weighted by molar-refractivity contribution is 0.340. The molecule has 0 saturated heterocycles. The standard InChI is InChI=1S/C15H20FN3O5S2/c1-9(2)7-12(14-17-18-15(24-14)25(4,20)21)19-26(22,23)13-8-10(3)5-6-11(13)16/h5-6,8-9,12,19H,7H2,1-4H3/t12-/m0/s1. The molecule has 26 heavy (non-hydrogen) atoms. The maximum atomic E-state index is 14.0. The van der Waals surface area contributed by atoms with Crippen molar-refractivity contribution in [2.45, 2.75) is 43.4 Å². The average molecular weight is 405 g/mol. The predicted octanol–water partition coefficient (Wildman–Crippen LogP) is 1.99. The zero-order valence-electron chi connectivity index (χ0n) is 14.7. The van der Waals surface area contributed by atoms with Crippen LogP contribution in [0.25, 0.3) is 0 Å². The van der Waals surface area contributed by atoms with E-state index in [1.54, 1.807) is 6.92 Å². The van der Waals surface area contributed by atoms with Gasteiger partial charge in [-0.1, -0.05) is 25.0 Å². The summed E-state index contributed by atoms with van der Waals surface area (Å²) in [6.45, 7) is 5.31. The minimum atomic E-state index is -4.23. The van der Waals surface area contributed by atoms with E-state index in [-0.39, 0.29) is 18.2 Å². The Balaban J connectivity index is 2.42. The van der Waals surface area contributed by atoms with Crippen LogP contribution >= 0.6 is 0 Å². The Kier molecular flexibility index (Phi) is 5.83. The van der Waals surface area contributed by atoms with Crippen LogP contribution in [0.15, 0.2) is 32.7 Å². The molecular formula is C15H20FN3O5S2. The van der Waals surface area contributed by atoms with E-state index in [1.807, 2.05) is 13.8 Å². The molecule has 1 aromatic carbocycles. The van der Waals surface area contributed by atoms with E-state index in [0.717, 1.165) is 12.3 Å². The fourth-order valence-electron chi connectivity index (χ4n) is 2.25. The number of rotatable bonds is 7. The number of hydrogen-bond acceptors (Lipinski definition) is 7. The first-order valence-electron chi connectivity index (χ1n) is 7.72. The molecule has 1 heterocycles. The summed E-state index contributed by atoms with van der Waals surface area (Å²) < 4.78 is 69.7. The third kappa shape index (κ3) is 4.86. The van der Waals surface area contributed by atoms with Gasteiger partial charge in [0.1, 0.15) is 16.8 Å². The number of sulfonamides is 1. The van der Waals surface area contributed by atoms with Crippen molar-refractivity contribution < 1.29 is 25.6 Å². The molecule has 0 bridgehead atoms. The highest BCUT2D eigenvalue weighted by molar-refractivity contribution is 7.90. The number of hydrogen-bond donors (Lipinski definition) is 1. The number of benzene rings is 1. The van der Waals surface area contributed by atoms with Crippen molar-refractivity contribution in [3.05, 3.63) is 35.5 Å². The van der Waals surface area contributed by atoms with Crippen LogP contribution in [0.5, 0.6) is 0 Å². The molecule has 8 nitrogen and oxygen atoms in total. The maximum absolute atomic E-state index is 14.0. The Morgan fingerprint density at radius 1 is 1.19 bits per heavy atom. The Bertz CT molecular complexity index is 1000. The van der Waals surface area contributed by atoms with E-state index in [1.165, 1.54) is 12.1 Å². The molecule has 0 amide bonds. The molecule has 0 spiro atoms. The molecule has 0 fully saturated rings. The van der Waals surface area contributed by atoms with Gasteiger partial charge in [-0.25, -0.2) is 21.2 Å². The normalized spacial score (nSPS) is 13.9. The molecule has 0 saturated carbocycles. The molecule has 2 aromatic rings. The molecule has 144 valence electrons. The van der Waals surface area contributed by atoms with Gasteiger partial charge in [-0.05, 0) is 37.0 Å². The van der Waals surface area contributed by atoms with Crippen LogP contribution < -0.4 is 4.72 Å². The van der Waals surface area contributed by atoms with Crippen LogP contribution in [0.3, 0.4) is 0 Å². The van der Waals surface area contributed by atoms with Gasteiger partial charge in [0.15, 0.2) is 0 Å². The molecule has 1 N–H and O–H groups in total. The molecule has 0 aliphatic rings. The van der Waals surface area contributed by atoms with E-state index in [9.17, 15) is 21.2 Å². The van der Waals surface area contributed by atoms with Gasteiger partial charge in [0, 0.05) is 6.26 Å². The average Bonchev–Trinajstić information content (AvgIpc) is 2.98. The second kappa shape index (κ2) is 7.41. The van der Waals surface area contributed by atoms with Gasteiger partial charge < -0.3 is 4.42 Å². The molecule has 0 radical (unpaired) electrons. The highest BCUT2D eigenvalue weighted by Gasteiger charge is 2.29. The Morgan fingerprint density at radius 2 is 1.85 bits per heavy atom. The first-order valence-corrected chi connectivity index (χ1v) is 11.1. The Morgan fingerprint density at radius 3 is 2.38 bits per heavy atom. The van der Waals surface area contributed by atoms with E-state index in [2.05, 4.69) is 14.9 Å². The van der Waals surface area contributed by atoms with E-state index >= 15 is 0 Å². The zero-order valence-corrected chi connectivity index (χ0v) is 16.4. The number of nitrogens with one attached hydrogen (secondary N) is 1. The summed E-state index contributed by atoms with van der Waals surface area (Å²) in [5.74, 6) is -1.08. The second-order valence-corrected chi connectivity index (χ2v) is 9.99. The lowest BCUT2D eigenvalue weighted by atomic mass is 10.0. The van der Waals surface area contributed by atoms with Crippen molar-refractivity contribution in [1.29, 1.82) is 0 Å². The fraction of sp³-hybridized carbons (Fsp3) is 0.467. The first-order chi connectivity index (χ1) is 11.9. The van der Waals surface area contributed by atoms with Crippen LogP contribution in [0.2, 0.25) is 0 Å². The largest absolute Gasteiger partial charge is 0.411 e. The van der Waals surface area contributed by atoms with Gasteiger partial charge in [-0.15, -0.1) is 5.10 Å². The Labute approximate surface area is 151 Å². The quantitative estimate of drug-likeness (QED) is 0.748. The highest BCUT2D eigenvalue weighted by atomic mass is 32.2. The zero-order chi connectivity index (χ0) is 19.7. The number of halogens is 1. The van der Waals surface area contributed by atoms with Gasteiger partial charge in [0.2, 0.25) is 25.8 Å². The molecular weight excluding hydrogens is 385 g/mol. The maximum Gasteiger partial charge on any atom is 0.335 e. The van der Waals surface area contributed by atoms with Crippen molar-refractivity contribution in [2.24, 2.45) is 5.92 Å². The summed E-state index contributed by atoms with van der Waals surface area (Å²) in [6.07, 6.45) is 1.14. The molecule has 0 aliphatic heterocycles. The summed E-state index contributed by atoms with van der Waals surface area (Å²) in [5.41, 5.74) is 0.573. The monoisotopic (exact) mass is 405 g/mol. The smallest absolute Gasteiger partial charge is 0.335 e. The van der Waals surface area contributed by atoms with Crippen LogP contribution in [0.1, 0.15) is 37.8 Å². The summed E-state index contributed by atoms with van der Waals surface area (Å²) >= 11 is 0. The lowest BCUT2D eigenvalue weighted by Gasteiger charge is -2.17. The molecule has 0 unspecified atom stereocenters. The first kappa shape index (κ1) is 20.5. The highest BCUT2D eigenvalue weighted by Crippen LogP contribution is 2.25. The van der Waals surface area contributed by atoms with Gasteiger partial charge in [-0.3, -0.25) is 0 Å². The summed E-state index contributed by atoms with van der Waals surface area (Å²) in [6, 6.07) is 2.73. The minimum absolute atomic E-state index is 0.0126.